The van der Waals surface area contributed by atoms with Crippen molar-refractivity contribution in [1.82, 2.24) is 5.32 Å². The van der Waals surface area contributed by atoms with Gasteiger partial charge < -0.3 is 20.5 Å². The lowest BCUT2D eigenvalue weighted by Crippen LogP contribution is -2.34. The fourth-order valence-corrected chi connectivity index (χ4v) is 2.67. The lowest BCUT2D eigenvalue weighted by Gasteiger charge is -2.28. The number of nitrogens with one attached hydrogen (secondary N) is 2. The Labute approximate surface area is 132 Å². The molecule has 0 heterocycles. The number of hydrogen-bond acceptors (Lipinski definition) is 4. The molecule has 1 aromatic rings. The van der Waals surface area contributed by atoms with Crippen LogP contribution in [0.4, 0.5) is 5.69 Å². The van der Waals surface area contributed by atoms with Crippen LogP contribution in [0.5, 0.6) is 5.75 Å². The highest BCUT2D eigenvalue weighted by atomic mass is 16.5. The summed E-state index contributed by atoms with van der Waals surface area (Å²) in [4.78, 5) is 11.9. The molecule has 0 bridgehead atoms. The Morgan fingerprint density at radius 2 is 2.00 bits per heavy atom. The Morgan fingerprint density at radius 1 is 1.32 bits per heavy atom. The molecule has 22 heavy (non-hydrogen) atoms. The third-order valence-corrected chi connectivity index (χ3v) is 4.03. The first-order valence-electron chi connectivity index (χ1n) is 8.00. The molecule has 3 atom stereocenters. The molecule has 1 saturated carbocycles. The number of aliphatic hydroxyl groups excluding tert-OH is 1. The Kier molecular flexibility index (Phi) is 6.21. The monoisotopic (exact) mass is 306 g/mol. The smallest absolute Gasteiger partial charge is 0.228 e. The molecule has 3 N–H and O–H groups in total. The third kappa shape index (κ3) is 4.71. The van der Waals surface area contributed by atoms with Gasteiger partial charge >= 0.3 is 0 Å². The summed E-state index contributed by atoms with van der Waals surface area (Å²) in [5.41, 5.74) is 0.754. The molecule has 1 aliphatic rings. The van der Waals surface area contributed by atoms with Crippen LogP contribution in [0.1, 0.15) is 32.6 Å². The van der Waals surface area contributed by atoms with Gasteiger partial charge in [0.15, 0.2) is 0 Å². The Balaban J connectivity index is 1.88. The van der Waals surface area contributed by atoms with Crippen LogP contribution in [0.15, 0.2) is 24.3 Å². The van der Waals surface area contributed by atoms with E-state index in [-0.39, 0.29) is 24.0 Å². The van der Waals surface area contributed by atoms with Gasteiger partial charge in [0, 0.05) is 18.2 Å². The van der Waals surface area contributed by atoms with E-state index in [1.807, 2.05) is 38.2 Å². The summed E-state index contributed by atoms with van der Waals surface area (Å²) >= 11 is 0. The van der Waals surface area contributed by atoms with E-state index in [1.165, 1.54) is 0 Å². The lowest BCUT2D eigenvalue weighted by molar-refractivity contribution is -0.119. The molecule has 3 unspecified atom stereocenters. The van der Waals surface area contributed by atoms with Crippen molar-refractivity contribution in [2.24, 2.45) is 5.92 Å². The van der Waals surface area contributed by atoms with Gasteiger partial charge in [-0.15, -0.1) is 0 Å². The summed E-state index contributed by atoms with van der Waals surface area (Å²) in [6.07, 6.45) is 3.36. The first-order valence-corrected chi connectivity index (χ1v) is 8.00. The highest BCUT2D eigenvalue weighted by Gasteiger charge is 2.24. The third-order valence-electron chi connectivity index (χ3n) is 4.03. The molecule has 0 aromatic heterocycles. The SMILES string of the molecule is CNCC(C)C(=O)Nc1ccc(OC2CCCCC2O)cc1. The zero-order valence-electron chi connectivity index (χ0n) is 13.3. The second-order valence-corrected chi connectivity index (χ2v) is 5.98. The van der Waals surface area contributed by atoms with Gasteiger partial charge in [-0.05, 0) is 50.6 Å². The van der Waals surface area contributed by atoms with E-state index in [9.17, 15) is 9.90 Å². The molecule has 5 nitrogen and oxygen atoms in total. The number of anilines is 1. The number of benzene rings is 1. The van der Waals surface area contributed by atoms with E-state index in [1.54, 1.807) is 0 Å². The van der Waals surface area contributed by atoms with E-state index in [4.69, 9.17) is 4.74 Å². The summed E-state index contributed by atoms with van der Waals surface area (Å²) in [6.45, 7) is 2.53. The number of carbonyl (C=O) groups is 1. The molecule has 1 amide bonds. The van der Waals surface area contributed by atoms with Gasteiger partial charge in [-0.1, -0.05) is 13.3 Å². The van der Waals surface area contributed by atoms with Crippen LogP contribution >= 0.6 is 0 Å². The maximum atomic E-state index is 11.9. The van der Waals surface area contributed by atoms with Crippen molar-refractivity contribution in [2.45, 2.75) is 44.8 Å². The van der Waals surface area contributed by atoms with Crippen molar-refractivity contribution >= 4 is 11.6 Å². The second kappa shape index (κ2) is 8.15. The quantitative estimate of drug-likeness (QED) is 0.753. The van der Waals surface area contributed by atoms with Crippen LogP contribution in [-0.2, 0) is 4.79 Å². The fourth-order valence-electron chi connectivity index (χ4n) is 2.67. The van der Waals surface area contributed by atoms with Gasteiger partial charge in [0.1, 0.15) is 11.9 Å². The highest BCUT2D eigenvalue weighted by molar-refractivity contribution is 5.92. The van der Waals surface area contributed by atoms with Gasteiger partial charge in [0.25, 0.3) is 0 Å². The first kappa shape index (κ1) is 16.8. The predicted molar refractivity (Wildman–Crippen MR) is 87.1 cm³/mol. The number of amides is 1. The molecule has 1 fully saturated rings. The number of hydrogen-bond donors (Lipinski definition) is 3. The molecule has 0 aliphatic heterocycles. The largest absolute Gasteiger partial charge is 0.488 e. The molecule has 122 valence electrons. The van der Waals surface area contributed by atoms with Gasteiger partial charge in [-0.3, -0.25) is 4.79 Å². The first-order chi connectivity index (χ1) is 10.6. The average Bonchev–Trinajstić information content (AvgIpc) is 2.51. The van der Waals surface area contributed by atoms with Gasteiger partial charge in [0.05, 0.1) is 6.10 Å². The summed E-state index contributed by atoms with van der Waals surface area (Å²) < 4.78 is 5.84. The second-order valence-electron chi connectivity index (χ2n) is 5.98. The number of ether oxygens (including phenoxy) is 1. The van der Waals surface area contributed by atoms with Crippen LogP contribution < -0.4 is 15.4 Å². The minimum absolute atomic E-state index is 0.00859. The van der Waals surface area contributed by atoms with E-state index >= 15 is 0 Å². The molecular weight excluding hydrogens is 280 g/mol. The summed E-state index contributed by atoms with van der Waals surface area (Å²) in [5.74, 6) is 0.635. The molecular formula is C17H26N2O3. The minimum Gasteiger partial charge on any atom is -0.488 e. The Morgan fingerprint density at radius 3 is 2.64 bits per heavy atom. The lowest BCUT2D eigenvalue weighted by atomic mass is 9.95. The van der Waals surface area contributed by atoms with Crippen LogP contribution in [0, 0.1) is 5.92 Å². The molecule has 0 saturated heterocycles. The van der Waals surface area contributed by atoms with Crippen LogP contribution in [0.2, 0.25) is 0 Å². The maximum absolute atomic E-state index is 11.9. The van der Waals surface area contributed by atoms with Crippen molar-refractivity contribution in [3.05, 3.63) is 24.3 Å². The van der Waals surface area contributed by atoms with Crippen molar-refractivity contribution in [1.29, 1.82) is 0 Å². The Hall–Kier alpha value is -1.59. The molecule has 2 rings (SSSR count). The van der Waals surface area contributed by atoms with Gasteiger partial charge in [-0.25, -0.2) is 0 Å². The van der Waals surface area contributed by atoms with Gasteiger partial charge in [0.2, 0.25) is 5.91 Å². The highest BCUT2D eigenvalue weighted by Crippen LogP contribution is 2.25. The Bertz CT molecular complexity index is 475. The van der Waals surface area contributed by atoms with Crippen LogP contribution in [-0.4, -0.2) is 36.8 Å². The topological polar surface area (TPSA) is 70.6 Å². The molecule has 5 heteroatoms. The van der Waals surface area contributed by atoms with Crippen LogP contribution in [0.25, 0.3) is 0 Å². The number of rotatable bonds is 6. The predicted octanol–water partition coefficient (Wildman–Crippen LogP) is 2.16. The molecule has 1 aliphatic carbocycles. The van der Waals surface area contributed by atoms with E-state index < -0.39 is 0 Å². The maximum Gasteiger partial charge on any atom is 0.228 e. The average molecular weight is 306 g/mol. The van der Waals surface area contributed by atoms with E-state index in [0.717, 1.165) is 37.1 Å². The normalized spacial score (nSPS) is 22.9. The number of carbonyl (C=O) groups excluding carboxylic acids is 1. The van der Waals surface area contributed by atoms with Gasteiger partial charge in [-0.2, -0.15) is 0 Å². The van der Waals surface area contributed by atoms with E-state index in [0.29, 0.717) is 6.54 Å². The molecule has 0 spiro atoms. The zero-order valence-corrected chi connectivity index (χ0v) is 13.3. The van der Waals surface area contributed by atoms with E-state index in [2.05, 4.69) is 10.6 Å². The van der Waals surface area contributed by atoms with Crippen LogP contribution in [0.3, 0.4) is 0 Å². The number of aliphatic hydroxyl groups is 1. The van der Waals surface area contributed by atoms with Crippen molar-refractivity contribution in [3.8, 4) is 5.75 Å². The molecule has 0 radical (unpaired) electrons. The summed E-state index contributed by atoms with van der Waals surface area (Å²) in [6, 6.07) is 7.32. The zero-order chi connectivity index (χ0) is 15.9. The summed E-state index contributed by atoms with van der Waals surface area (Å²) in [5, 5.41) is 15.8. The van der Waals surface area contributed by atoms with Crippen molar-refractivity contribution < 1.29 is 14.6 Å². The fraction of sp³-hybridized carbons (Fsp3) is 0.588. The molecule has 1 aromatic carbocycles. The minimum atomic E-state index is -0.379. The standard InChI is InChI=1S/C17H26N2O3/c1-12(11-18-2)17(21)19-13-7-9-14(10-8-13)22-16-6-4-3-5-15(16)20/h7-10,12,15-16,18,20H,3-6,11H2,1-2H3,(H,19,21). The van der Waals surface area contributed by atoms with Crippen molar-refractivity contribution in [2.75, 3.05) is 18.9 Å². The summed E-state index contributed by atoms with van der Waals surface area (Å²) in [7, 11) is 1.83. The van der Waals surface area contributed by atoms with Crippen molar-refractivity contribution in [3.63, 3.8) is 0 Å².